The number of halogens is 2. The monoisotopic (exact) mass is 305 g/mol. The molecule has 0 radical (unpaired) electrons. The minimum atomic E-state index is -1.34. The Balaban J connectivity index is 2.44. The highest BCUT2D eigenvalue weighted by molar-refractivity contribution is 7.84. The third-order valence-corrected chi connectivity index (χ3v) is 4.05. The third kappa shape index (κ3) is 6.16. The zero-order chi connectivity index (χ0) is 14.3. The van der Waals surface area contributed by atoms with E-state index in [0.29, 0.717) is 12.1 Å². The number of carbonyl (C=O) groups excluding carboxylic acids is 1. The molecule has 0 aliphatic carbocycles. The van der Waals surface area contributed by atoms with Crippen molar-refractivity contribution in [1.82, 2.24) is 5.32 Å². The molecule has 6 heteroatoms. The van der Waals surface area contributed by atoms with Crippen LogP contribution in [0.4, 0.5) is 4.39 Å². The van der Waals surface area contributed by atoms with Crippen LogP contribution in [0.1, 0.15) is 25.3 Å². The molecule has 1 aromatic carbocycles. The Kier molecular flexibility index (Phi) is 7.02. The summed E-state index contributed by atoms with van der Waals surface area (Å²) in [5, 5.41) is 2.93. The van der Waals surface area contributed by atoms with Gasteiger partial charge in [0.15, 0.2) is 0 Å². The highest BCUT2D eigenvalue weighted by Crippen LogP contribution is 2.18. The van der Waals surface area contributed by atoms with Crippen molar-refractivity contribution >= 4 is 28.3 Å². The van der Waals surface area contributed by atoms with Crippen LogP contribution in [0.3, 0.4) is 0 Å². The van der Waals surface area contributed by atoms with Gasteiger partial charge in [-0.2, -0.15) is 0 Å². The molecule has 0 unspecified atom stereocenters. The Hall–Kier alpha value is -0.940. The van der Waals surface area contributed by atoms with E-state index < -0.39 is 16.6 Å². The molecule has 0 fully saturated rings. The molecule has 0 aliphatic heterocycles. The summed E-state index contributed by atoms with van der Waals surface area (Å²) in [4.78, 5) is 11.5. The zero-order valence-electron chi connectivity index (χ0n) is 10.7. The molecule has 0 heterocycles. The maximum absolute atomic E-state index is 12.8. The standard InChI is InChI=1S/C13H17ClFNO2S/c1-2-3-6-16-13(17)9-19(18)8-10-4-5-11(15)7-12(10)14/h4-5,7H,2-3,6,8-9H2,1H3,(H,16,17)/t19-/m0/s1. The largest absolute Gasteiger partial charge is 0.355 e. The first-order chi connectivity index (χ1) is 9.02. The Labute approximate surface area is 120 Å². The van der Waals surface area contributed by atoms with Crippen molar-refractivity contribution in [3.8, 4) is 0 Å². The Bertz CT molecular complexity index is 468. The molecule has 1 atom stereocenters. The van der Waals surface area contributed by atoms with Crippen LogP contribution in [0.15, 0.2) is 18.2 Å². The van der Waals surface area contributed by atoms with E-state index in [9.17, 15) is 13.4 Å². The van der Waals surface area contributed by atoms with Gasteiger partial charge >= 0.3 is 0 Å². The van der Waals surface area contributed by atoms with Crippen molar-refractivity contribution < 1.29 is 13.4 Å². The van der Waals surface area contributed by atoms with Crippen LogP contribution in [-0.4, -0.2) is 22.4 Å². The molecule has 1 amide bonds. The number of amides is 1. The molecule has 1 aromatic rings. The fourth-order valence-corrected chi connectivity index (χ4v) is 2.87. The van der Waals surface area contributed by atoms with E-state index in [2.05, 4.69) is 5.32 Å². The molecule has 0 spiro atoms. The van der Waals surface area contributed by atoms with Crippen LogP contribution in [0.25, 0.3) is 0 Å². The first-order valence-electron chi connectivity index (χ1n) is 6.08. The van der Waals surface area contributed by atoms with Crippen molar-refractivity contribution in [2.75, 3.05) is 12.3 Å². The van der Waals surface area contributed by atoms with Crippen LogP contribution in [-0.2, 0) is 21.3 Å². The number of carbonyl (C=O) groups is 1. The van der Waals surface area contributed by atoms with Gasteiger partial charge in [-0.1, -0.05) is 31.0 Å². The Morgan fingerprint density at radius 1 is 1.47 bits per heavy atom. The van der Waals surface area contributed by atoms with E-state index in [1.807, 2.05) is 6.92 Å². The van der Waals surface area contributed by atoms with Crippen LogP contribution in [0, 0.1) is 5.82 Å². The van der Waals surface area contributed by atoms with Gasteiger partial charge in [-0.15, -0.1) is 0 Å². The maximum Gasteiger partial charge on any atom is 0.232 e. The molecule has 3 nitrogen and oxygen atoms in total. The van der Waals surface area contributed by atoms with Gasteiger partial charge in [0.05, 0.1) is 5.75 Å². The fraction of sp³-hybridized carbons (Fsp3) is 0.462. The SMILES string of the molecule is CCCCNC(=O)C[S@@](=O)Cc1ccc(F)cc1Cl. The number of nitrogens with one attached hydrogen (secondary N) is 1. The third-order valence-electron chi connectivity index (χ3n) is 2.48. The second-order valence-corrected chi connectivity index (χ2v) is 6.03. The molecular weight excluding hydrogens is 289 g/mol. The summed E-state index contributed by atoms with van der Waals surface area (Å²) in [5.74, 6) is -0.570. The summed E-state index contributed by atoms with van der Waals surface area (Å²) in [6, 6.07) is 3.93. The second-order valence-electron chi connectivity index (χ2n) is 4.17. The predicted octanol–water partition coefficient (Wildman–Crippen LogP) is 2.64. The van der Waals surface area contributed by atoms with Gasteiger partial charge < -0.3 is 5.32 Å². The van der Waals surface area contributed by atoms with Crippen molar-refractivity contribution in [3.05, 3.63) is 34.6 Å². The normalized spacial score (nSPS) is 12.2. The molecule has 0 saturated carbocycles. The predicted molar refractivity (Wildman–Crippen MR) is 76.0 cm³/mol. The molecule has 0 bridgehead atoms. The second kappa shape index (κ2) is 8.27. The maximum atomic E-state index is 12.8. The van der Waals surface area contributed by atoms with Crippen molar-refractivity contribution in [1.29, 1.82) is 0 Å². The summed E-state index contributed by atoms with van der Waals surface area (Å²) in [7, 11) is -1.34. The lowest BCUT2D eigenvalue weighted by Crippen LogP contribution is -2.29. The lowest BCUT2D eigenvalue weighted by molar-refractivity contribution is -0.118. The zero-order valence-corrected chi connectivity index (χ0v) is 12.3. The van der Waals surface area contributed by atoms with Gasteiger partial charge in [0.2, 0.25) is 5.91 Å². The fourth-order valence-electron chi connectivity index (χ4n) is 1.47. The smallest absolute Gasteiger partial charge is 0.232 e. The first kappa shape index (κ1) is 16.1. The number of hydrogen-bond acceptors (Lipinski definition) is 2. The van der Waals surface area contributed by atoms with E-state index in [-0.39, 0.29) is 22.4 Å². The van der Waals surface area contributed by atoms with Crippen molar-refractivity contribution in [3.63, 3.8) is 0 Å². The first-order valence-corrected chi connectivity index (χ1v) is 7.95. The van der Waals surface area contributed by atoms with E-state index in [4.69, 9.17) is 11.6 Å². The molecule has 0 saturated heterocycles. The number of benzene rings is 1. The van der Waals surface area contributed by atoms with Gasteiger partial charge in [0.25, 0.3) is 0 Å². The average Bonchev–Trinajstić information content (AvgIpc) is 2.33. The molecule has 0 aliphatic rings. The highest BCUT2D eigenvalue weighted by Gasteiger charge is 2.10. The summed E-state index contributed by atoms with van der Waals surface area (Å²) in [6.07, 6.45) is 1.90. The van der Waals surface area contributed by atoms with Gasteiger partial charge in [-0.05, 0) is 24.1 Å². The molecule has 1 N–H and O–H groups in total. The lowest BCUT2D eigenvalue weighted by Gasteiger charge is -2.06. The van der Waals surface area contributed by atoms with Crippen LogP contribution in [0.2, 0.25) is 5.02 Å². The highest BCUT2D eigenvalue weighted by atomic mass is 35.5. The summed E-state index contributed by atoms with van der Waals surface area (Å²) >= 11 is 5.84. The van der Waals surface area contributed by atoms with Crippen molar-refractivity contribution in [2.45, 2.75) is 25.5 Å². The van der Waals surface area contributed by atoms with Crippen LogP contribution < -0.4 is 5.32 Å². The van der Waals surface area contributed by atoms with E-state index in [1.165, 1.54) is 18.2 Å². The van der Waals surface area contributed by atoms with Crippen LogP contribution >= 0.6 is 11.6 Å². The molecule has 19 heavy (non-hydrogen) atoms. The lowest BCUT2D eigenvalue weighted by atomic mass is 10.2. The number of unbranched alkanes of at least 4 members (excludes halogenated alkanes) is 1. The minimum absolute atomic E-state index is 0.0581. The molecule has 106 valence electrons. The molecular formula is C13H17ClFNO2S. The summed E-state index contributed by atoms with van der Waals surface area (Å²) in [6.45, 7) is 2.63. The van der Waals surface area contributed by atoms with Crippen LogP contribution in [0.5, 0.6) is 0 Å². The minimum Gasteiger partial charge on any atom is -0.355 e. The quantitative estimate of drug-likeness (QED) is 0.787. The van der Waals surface area contributed by atoms with Crippen molar-refractivity contribution in [2.24, 2.45) is 0 Å². The number of hydrogen-bond donors (Lipinski definition) is 1. The van der Waals surface area contributed by atoms with Gasteiger partial charge in [-0.25, -0.2) is 4.39 Å². The van der Waals surface area contributed by atoms with Gasteiger partial charge in [0.1, 0.15) is 11.6 Å². The summed E-state index contributed by atoms with van der Waals surface area (Å²) < 4.78 is 24.6. The topological polar surface area (TPSA) is 46.2 Å². The molecule has 0 aromatic heterocycles. The molecule has 1 rings (SSSR count). The number of rotatable bonds is 7. The summed E-state index contributed by atoms with van der Waals surface area (Å²) in [5.41, 5.74) is 0.586. The average molecular weight is 306 g/mol. The Morgan fingerprint density at radius 2 is 2.21 bits per heavy atom. The van der Waals surface area contributed by atoms with E-state index in [1.54, 1.807) is 0 Å². The van der Waals surface area contributed by atoms with Gasteiger partial charge in [0, 0.05) is 22.4 Å². The van der Waals surface area contributed by atoms with E-state index >= 15 is 0 Å². The Morgan fingerprint density at radius 3 is 2.84 bits per heavy atom. The van der Waals surface area contributed by atoms with E-state index in [0.717, 1.165) is 12.8 Å². The van der Waals surface area contributed by atoms with Gasteiger partial charge in [-0.3, -0.25) is 9.00 Å².